The summed E-state index contributed by atoms with van der Waals surface area (Å²) >= 11 is 0. The molecule has 6 heteroatoms. The molecule has 2 N–H and O–H groups in total. The van der Waals surface area contributed by atoms with Gasteiger partial charge >= 0.3 is 11.9 Å². The van der Waals surface area contributed by atoms with Crippen LogP contribution < -0.4 is 5.32 Å². The first-order valence-electron chi connectivity index (χ1n) is 13.6. The summed E-state index contributed by atoms with van der Waals surface area (Å²) in [6, 6.07) is -0.357. The highest BCUT2D eigenvalue weighted by Gasteiger charge is 2.19. The fraction of sp³-hybridized carbons (Fsp3) is 0.581. The maximum atomic E-state index is 12.3. The number of carbonyl (C=O) groups excluding carboxylic acids is 2. The second-order valence-corrected chi connectivity index (χ2v) is 9.92. The van der Waals surface area contributed by atoms with Gasteiger partial charge in [0.1, 0.15) is 5.60 Å². The predicted octanol–water partition coefficient (Wildman–Crippen LogP) is 7.38. The third-order valence-corrected chi connectivity index (χ3v) is 5.12. The van der Waals surface area contributed by atoms with Gasteiger partial charge in [0.15, 0.2) is 0 Å². The summed E-state index contributed by atoms with van der Waals surface area (Å²) in [6.45, 7) is 7.53. The van der Waals surface area contributed by atoms with Gasteiger partial charge in [0.05, 0.1) is 0 Å². The summed E-state index contributed by atoms with van der Waals surface area (Å²) in [4.78, 5) is 35.2. The van der Waals surface area contributed by atoms with E-state index in [1.165, 1.54) is 0 Å². The Bertz CT molecular complexity index is 784. The number of esters is 1. The Kier molecular flexibility index (Phi) is 20.6. The molecule has 37 heavy (non-hydrogen) atoms. The largest absolute Gasteiger partial charge is 0.481 e. The van der Waals surface area contributed by atoms with Crippen molar-refractivity contribution in [3.63, 3.8) is 0 Å². The summed E-state index contributed by atoms with van der Waals surface area (Å²) in [7, 11) is 0. The van der Waals surface area contributed by atoms with Crippen LogP contribution in [0.5, 0.6) is 0 Å². The van der Waals surface area contributed by atoms with E-state index >= 15 is 0 Å². The van der Waals surface area contributed by atoms with Crippen molar-refractivity contribution in [3.8, 4) is 0 Å². The zero-order valence-corrected chi connectivity index (χ0v) is 23.4. The Morgan fingerprint density at radius 3 is 1.73 bits per heavy atom. The average molecular weight is 516 g/mol. The molecule has 0 aliphatic carbocycles. The number of rotatable bonds is 20. The molecule has 0 heterocycles. The van der Waals surface area contributed by atoms with Gasteiger partial charge in [-0.2, -0.15) is 0 Å². The molecule has 208 valence electrons. The van der Waals surface area contributed by atoms with Crippen LogP contribution in [-0.4, -0.2) is 34.6 Å². The third kappa shape index (κ3) is 26.0. The van der Waals surface area contributed by atoms with Crippen molar-refractivity contribution in [2.45, 2.75) is 116 Å². The Labute approximate surface area is 224 Å². The van der Waals surface area contributed by atoms with Gasteiger partial charge in [0, 0.05) is 25.3 Å². The number of carbonyl (C=O) groups is 3. The van der Waals surface area contributed by atoms with Crippen LogP contribution >= 0.6 is 0 Å². The van der Waals surface area contributed by atoms with E-state index < -0.39 is 11.6 Å². The van der Waals surface area contributed by atoms with Gasteiger partial charge in [0.25, 0.3) is 0 Å². The zero-order chi connectivity index (χ0) is 27.8. The number of amides is 1. The highest BCUT2D eigenvalue weighted by Crippen LogP contribution is 2.12. The minimum absolute atomic E-state index is 0.0562. The first-order valence-corrected chi connectivity index (χ1v) is 13.6. The number of allylic oxidation sites excluding steroid dienone is 10. The van der Waals surface area contributed by atoms with Gasteiger partial charge in [-0.25, -0.2) is 0 Å². The lowest BCUT2D eigenvalue weighted by atomic mass is 10.0. The van der Waals surface area contributed by atoms with E-state index in [-0.39, 0.29) is 30.8 Å². The van der Waals surface area contributed by atoms with Gasteiger partial charge in [-0.05, 0) is 78.6 Å². The molecule has 0 aromatic rings. The smallest absolute Gasteiger partial charge is 0.306 e. The van der Waals surface area contributed by atoms with Crippen LogP contribution in [0.25, 0.3) is 0 Å². The highest BCUT2D eigenvalue weighted by molar-refractivity contribution is 5.76. The molecule has 0 saturated heterocycles. The van der Waals surface area contributed by atoms with E-state index in [0.29, 0.717) is 25.7 Å². The van der Waals surface area contributed by atoms with Crippen molar-refractivity contribution < 1.29 is 24.2 Å². The fourth-order valence-corrected chi connectivity index (χ4v) is 3.32. The summed E-state index contributed by atoms with van der Waals surface area (Å²) in [5.41, 5.74) is -0.569. The summed E-state index contributed by atoms with van der Waals surface area (Å²) in [5, 5.41) is 11.9. The second-order valence-electron chi connectivity index (χ2n) is 9.92. The predicted molar refractivity (Wildman–Crippen MR) is 152 cm³/mol. The molecule has 1 amide bonds. The SMILES string of the molecule is CC/C=C\C/C=C\C/C=C\C/C=C\C/C=C\CCCC(=O)NC(CCC(=O)O)CCC(=O)OC(C)(C)C. The van der Waals surface area contributed by atoms with Crippen molar-refractivity contribution in [1.82, 2.24) is 5.32 Å². The van der Waals surface area contributed by atoms with Crippen LogP contribution in [0.2, 0.25) is 0 Å². The molecule has 0 spiro atoms. The number of carboxylic acid groups (broad SMARTS) is 1. The Morgan fingerprint density at radius 1 is 0.757 bits per heavy atom. The zero-order valence-electron chi connectivity index (χ0n) is 23.4. The van der Waals surface area contributed by atoms with E-state index in [4.69, 9.17) is 9.84 Å². The fourth-order valence-electron chi connectivity index (χ4n) is 3.32. The molecule has 0 bridgehead atoms. The summed E-state index contributed by atoms with van der Waals surface area (Å²) < 4.78 is 5.30. The van der Waals surface area contributed by atoms with Gasteiger partial charge in [-0.15, -0.1) is 0 Å². The number of hydrogen-bond donors (Lipinski definition) is 2. The number of ether oxygens (including phenoxy) is 1. The standard InChI is InChI=1S/C31H49NO5/c1-5-6-7-8-9-10-11-12-13-14-15-16-17-18-19-20-21-22-28(33)32-27(23-25-29(34)35)24-26-30(36)37-31(2,3)4/h6-7,9-10,12-13,15-16,18-19,27H,5,8,11,14,17,20-26H2,1-4H3,(H,32,33)(H,34,35)/b7-6-,10-9-,13-12-,16-15-,19-18-. The number of nitrogens with one attached hydrogen (secondary N) is 1. The van der Waals surface area contributed by atoms with Crippen LogP contribution in [0.4, 0.5) is 0 Å². The van der Waals surface area contributed by atoms with Crippen molar-refractivity contribution in [2.24, 2.45) is 0 Å². The third-order valence-electron chi connectivity index (χ3n) is 5.12. The number of unbranched alkanes of at least 4 members (excludes halogenated alkanes) is 1. The van der Waals surface area contributed by atoms with Crippen LogP contribution in [0, 0.1) is 0 Å². The monoisotopic (exact) mass is 515 g/mol. The van der Waals surface area contributed by atoms with Gasteiger partial charge in [-0.3, -0.25) is 14.4 Å². The van der Waals surface area contributed by atoms with Crippen LogP contribution in [0.1, 0.15) is 105 Å². The van der Waals surface area contributed by atoms with Crippen molar-refractivity contribution in [3.05, 3.63) is 60.8 Å². The van der Waals surface area contributed by atoms with Gasteiger partial charge in [-0.1, -0.05) is 67.7 Å². The lowest BCUT2D eigenvalue weighted by Crippen LogP contribution is -2.36. The molecular formula is C31H49NO5. The van der Waals surface area contributed by atoms with E-state index in [1.54, 1.807) is 20.8 Å². The van der Waals surface area contributed by atoms with Gasteiger partial charge < -0.3 is 15.2 Å². The molecule has 0 fully saturated rings. The molecule has 0 aromatic heterocycles. The second kappa shape index (κ2) is 22.3. The highest BCUT2D eigenvalue weighted by atomic mass is 16.6. The Morgan fingerprint density at radius 2 is 1.24 bits per heavy atom. The molecule has 1 atom stereocenters. The van der Waals surface area contributed by atoms with E-state index in [0.717, 1.165) is 38.5 Å². The molecule has 0 aliphatic heterocycles. The van der Waals surface area contributed by atoms with Crippen LogP contribution in [0.15, 0.2) is 60.8 Å². The first kappa shape index (κ1) is 34.1. The molecule has 1 unspecified atom stereocenters. The quantitative estimate of drug-likeness (QED) is 0.100. The lowest BCUT2D eigenvalue weighted by Gasteiger charge is -2.21. The lowest BCUT2D eigenvalue weighted by molar-refractivity contribution is -0.155. The molecule has 0 aromatic carbocycles. The topological polar surface area (TPSA) is 92.7 Å². The average Bonchev–Trinajstić information content (AvgIpc) is 2.81. The molecule has 0 rings (SSSR count). The molecule has 0 aliphatic rings. The van der Waals surface area contributed by atoms with Gasteiger partial charge in [0.2, 0.25) is 5.91 Å². The minimum Gasteiger partial charge on any atom is -0.481 e. The van der Waals surface area contributed by atoms with Crippen LogP contribution in [0.3, 0.4) is 0 Å². The Balaban J connectivity index is 4.10. The first-order chi connectivity index (χ1) is 17.6. The van der Waals surface area contributed by atoms with Crippen molar-refractivity contribution in [1.29, 1.82) is 0 Å². The minimum atomic E-state index is -0.921. The molecular weight excluding hydrogens is 466 g/mol. The normalized spacial score (nSPS) is 13.4. The Hall–Kier alpha value is -2.89. The van der Waals surface area contributed by atoms with E-state index in [2.05, 4.69) is 73.0 Å². The van der Waals surface area contributed by atoms with E-state index in [1.807, 2.05) is 0 Å². The summed E-state index contributed by atoms with van der Waals surface area (Å²) in [6.07, 6.45) is 29.0. The van der Waals surface area contributed by atoms with Crippen molar-refractivity contribution in [2.75, 3.05) is 0 Å². The van der Waals surface area contributed by atoms with E-state index in [9.17, 15) is 14.4 Å². The van der Waals surface area contributed by atoms with Crippen LogP contribution in [-0.2, 0) is 19.1 Å². The molecule has 6 nitrogen and oxygen atoms in total. The summed E-state index contributed by atoms with van der Waals surface area (Å²) in [5.74, 6) is -1.39. The molecule has 0 radical (unpaired) electrons. The maximum absolute atomic E-state index is 12.3. The maximum Gasteiger partial charge on any atom is 0.306 e. The van der Waals surface area contributed by atoms with Crippen molar-refractivity contribution >= 4 is 17.8 Å². The number of hydrogen-bond acceptors (Lipinski definition) is 4. The molecule has 0 saturated carbocycles. The number of aliphatic carboxylic acids is 1. The number of carboxylic acids is 1.